The molecule has 1 aliphatic heterocycles. The lowest BCUT2D eigenvalue weighted by molar-refractivity contribution is -0.294. The van der Waals surface area contributed by atoms with Crippen molar-refractivity contribution in [2.45, 2.75) is 49.3 Å². The minimum atomic E-state index is -5.90. The molecule has 1 atom stereocenters. The standard InChI is InChI=1S/C23H21F6NO6S/c1-14(31)2-6-17-12-30(37(33,34)18-7-4-16(24)5-8-18)19-10-15(3-9-20(19)36-17)11-21(32)35-13-22(25,26)23(27,28)29/h3-5,7-10,17H,2,6,11-13H2,1H3/t17-/m0/s1. The van der Waals surface area contributed by atoms with E-state index < -0.39 is 53.0 Å². The van der Waals surface area contributed by atoms with Gasteiger partial charge in [-0.25, -0.2) is 12.8 Å². The van der Waals surface area contributed by atoms with Gasteiger partial charge in [-0.15, -0.1) is 0 Å². The van der Waals surface area contributed by atoms with Crippen molar-refractivity contribution in [3.05, 3.63) is 53.8 Å². The number of Topliss-reactive ketones (excluding diaryl/α,β-unsaturated/α-hetero) is 1. The molecule has 14 heteroatoms. The van der Waals surface area contributed by atoms with Gasteiger partial charge < -0.3 is 14.3 Å². The SMILES string of the molecule is CC(=O)CC[C@H]1CN(S(=O)(=O)c2ccc(F)cc2)c2cc(CC(=O)OCC(F)(F)C(F)(F)F)ccc2O1. The van der Waals surface area contributed by atoms with E-state index >= 15 is 0 Å². The molecule has 37 heavy (non-hydrogen) atoms. The van der Waals surface area contributed by atoms with Crippen molar-refractivity contribution < 1.29 is 53.8 Å². The van der Waals surface area contributed by atoms with Crippen molar-refractivity contribution in [3.63, 3.8) is 0 Å². The Morgan fingerprint density at radius 2 is 1.73 bits per heavy atom. The molecular formula is C23H21F6NO6S. The smallest absolute Gasteiger partial charge is 0.456 e. The van der Waals surface area contributed by atoms with Crippen LogP contribution >= 0.6 is 0 Å². The predicted octanol–water partition coefficient (Wildman–Crippen LogP) is 4.43. The summed E-state index contributed by atoms with van der Waals surface area (Å²) in [5.41, 5.74) is -0.00140. The minimum Gasteiger partial charge on any atom is -0.486 e. The molecule has 1 aliphatic rings. The number of esters is 1. The molecule has 0 fully saturated rings. The van der Waals surface area contributed by atoms with Gasteiger partial charge >= 0.3 is 18.1 Å². The van der Waals surface area contributed by atoms with E-state index in [1.807, 2.05) is 0 Å². The first-order valence-corrected chi connectivity index (χ1v) is 12.2. The van der Waals surface area contributed by atoms with Crippen LogP contribution in [0.15, 0.2) is 47.4 Å². The highest BCUT2D eigenvalue weighted by Crippen LogP contribution is 2.39. The Kier molecular flexibility index (Phi) is 8.10. The molecule has 0 amide bonds. The Bertz CT molecular complexity index is 1260. The zero-order valence-electron chi connectivity index (χ0n) is 19.2. The molecule has 1 heterocycles. The number of hydrogen-bond donors (Lipinski definition) is 0. The highest BCUT2D eigenvalue weighted by molar-refractivity contribution is 7.92. The topological polar surface area (TPSA) is 90.0 Å². The van der Waals surface area contributed by atoms with Gasteiger partial charge in [-0.2, -0.15) is 22.0 Å². The molecule has 0 saturated heterocycles. The van der Waals surface area contributed by atoms with E-state index in [0.717, 1.165) is 28.6 Å². The second-order valence-corrected chi connectivity index (χ2v) is 10.2. The molecule has 0 saturated carbocycles. The molecule has 3 rings (SSSR count). The summed E-state index contributed by atoms with van der Waals surface area (Å²) in [5, 5.41) is 0. The second-order valence-electron chi connectivity index (χ2n) is 8.31. The average molecular weight is 553 g/mol. The average Bonchev–Trinajstić information content (AvgIpc) is 2.80. The fourth-order valence-electron chi connectivity index (χ4n) is 3.41. The summed E-state index contributed by atoms with van der Waals surface area (Å²) in [4.78, 5) is 23.1. The number of anilines is 1. The van der Waals surface area contributed by atoms with Crippen LogP contribution < -0.4 is 9.04 Å². The molecule has 0 N–H and O–H groups in total. The van der Waals surface area contributed by atoms with Gasteiger partial charge in [0.2, 0.25) is 0 Å². The maximum absolute atomic E-state index is 13.4. The molecule has 0 bridgehead atoms. The Morgan fingerprint density at radius 1 is 1.08 bits per heavy atom. The predicted molar refractivity (Wildman–Crippen MR) is 117 cm³/mol. The third-order valence-electron chi connectivity index (χ3n) is 5.35. The van der Waals surface area contributed by atoms with Gasteiger partial charge in [0.1, 0.15) is 23.5 Å². The summed E-state index contributed by atoms with van der Waals surface area (Å²) in [6.07, 6.45) is -7.07. The van der Waals surface area contributed by atoms with E-state index in [4.69, 9.17) is 4.74 Å². The van der Waals surface area contributed by atoms with E-state index in [1.54, 1.807) is 0 Å². The number of sulfonamides is 1. The van der Waals surface area contributed by atoms with Crippen LogP contribution in [0.25, 0.3) is 0 Å². The maximum atomic E-state index is 13.4. The Labute approximate surface area is 208 Å². The normalized spacial score (nSPS) is 16.1. The molecule has 202 valence electrons. The molecule has 0 aromatic heterocycles. The van der Waals surface area contributed by atoms with Crippen LogP contribution in [0.3, 0.4) is 0 Å². The molecular weight excluding hydrogens is 532 g/mol. The van der Waals surface area contributed by atoms with Crippen LogP contribution in [0.4, 0.5) is 32.0 Å². The van der Waals surface area contributed by atoms with E-state index in [1.165, 1.54) is 25.1 Å². The van der Waals surface area contributed by atoms with E-state index in [-0.39, 0.29) is 47.1 Å². The fraction of sp³-hybridized carbons (Fsp3) is 0.391. The first kappa shape index (κ1) is 28.3. The van der Waals surface area contributed by atoms with Gasteiger partial charge in [0.15, 0.2) is 6.61 Å². The maximum Gasteiger partial charge on any atom is 0.456 e. The largest absolute Gasteiger partial charge is 0.486 e. The number of ether oxygens (including phenoxy) is 2. The molecule has 2 aromatic rings. The number of carbonyl (C=O) groups excluding carboxylic acids is 2. The summed E-state index contributed by atoms with van der Waals surface area (Å²) in [5.74, 6) is -7.38. The van der Waals surface area contributed by atoms with E-state index in [2.05, 4.69) is 4.74 Å². The molecule has 0 unspecified atom stereocenters. The summed E-state index contributed by atoms with van der Waals surface area (Å²) < 4.78 is 114. The van der Waals surface area contributed by atoms with Crippen molar-refractivity contribution in [1.82, 2.24) is 0 Å². The number of fused-ring (bicyclic) bond motifs is 1. The van der Waals surface area contributed by atoms with Crippen molar-refractivity contribution in [1.29, 1.82) is 0 Å². The first-order valence-electron chi connectivity index (χ1n) is 10.8. The number of benzene rings is 2. The van der Waals surface area contributed by atoms with Crippen molar-refractivity contribution >= 4 is 27.5 Å². The molecule has 0 aliphatic carbocycles. The van der Waals surface area contributed by atoms with Crippen LogP contribution in [-0.4, -0.2) is 51.5 Å². The fourth-order valence-corrected chi connectivity index (χ4v) is 4.91. The highest BCUT2D eigenvalue weighted by atomic mass is 32.2. The highest BCUT2D eigenvalue weighted by Gasteiger charge is 2.58. The summed E-state index contributed by atoms with van der Waals surface area (Å²) in [6.45, 7) is -1.09. The zero-order valence-corrected chi connectivity index (χ0v) is 20.0. The lowest BCUT2D eigenvalue weighted by atomic mass is 10.1. The summed E-state index contributed by atoms with van der Waals surface area (Å²) in [7, 11) is -4.29. The van der Waals surface area contributed by atoms with Crippen molar-refractivity contribution in [2.24, 2.45) is 0 Å². The first-order chi connectivity index (χ1) is 17.1. The molecule has 0 spiro atoms. The number of halogens is 6. The van der Waals surface area contributed by atoms with Gasteiger partial charge in [0.25, 0.3) is 10.0 Å². The van der Waals surface area contributed by atoms with Crippen molar-refractivity contribution in [3.8, 4) is 5.75 Å². The Morgan fingerprint density at radius 3 is 2.32 bits per heavy atom. The van der Waals surface area contributed by atoms with Crippen LogP contribution in [0.1, 0.15) is 25.3 Å². The quantitative estimate of drug-likeness (QED) is 0.337. The van der Waals surface area contributed by atoms with Crippen LogP contribution in [-0.2, 0) is 30.8 Å². The van der Waals surface area contributed by atoms with Gasteiger partial charge in [-0.3, -0.25) is 9.10 Å². The lowest BCUT2D eigenvalue weighted by Crippen LogP contribution is -2.43. The molecule has 7 nitrogen and oxygen atoms in total. The molecule has 0 radical (unpaired) electrons. The second kappa shape index (κ2) is 10.6. The van der Waals surface area contributed by atoms with Crippen molar-refractivity contribution in [2.75, 3.05) is 17.5 Å². The van der Waals surface area contributed by atoms with Crippen LogP contribution in [0, 0.1) is 5.82 Å². The number of rotatable bonds is 9. The van der Waals surface area contributed by atoms with Gasteiger partial charge in [-0.05, 0) is 55.3 Å². The molecule has 2 aromatic carbocycles. The Hall–Kier alpha value is -3.29. The lowest BCUT2D eigenvalue weighted by Gasteiger charge is -2.35. The van der Waals surface area contributed by atoms with Gasteiger partial charge in [-0.1, -0.05) is 6.07 Å². The van der Waals surface area contributed by atoms with E-state index in [0.29, 0.717) is 0 Å². The number of alkyl halides is 5. The van der Waals surface area contributed by atoms with Crippen LogP contribution in [0.2, 0.25) is 0 Å². The van der Waals surface area contributed by atoms with Gasteiger partial charge in [0, 0.05) is 6.42 Å². The minimum absolute atomic E-state index is 0.0455. The van der Waals surface area contributed by atoms with Crippen LogP contribution in [0.5, 0.6) is 5.75 Å². The number of hydrogen-bond acceptors (Lipinski definition) is 6. The zero-order chi connectivity index (χ0) is 27.6. The third kappa shape index (κ3) is 6.73. The third-order valence-corrected chi connectivity index (χ3v) is 7.15. The number of nitrogens with zero attached hydrogens (tertiary/aromatic N) is 1. The summed E-state index contributed by atoms with van der Waals surface area (Å²) >= 11 is 0. The van der Waals surface area contributed by atoms with Gasteiger partial charge in [0.05, 0.1) is 23.5 Å². The van der Waals surface area contributed by atoms with E-state index in [9.17, 15) is 44.3 Å². The summed E-state index contributed by atoms with van der Waals surface area (Å²) in [6, 6.07) is 7.78. The Balaban J connectivity index is 1.89. The monoisotopic (exact) mass is 553 g/mol. The number of ketones is 1. The number of carbonyl (C=O) groups is 2.